The number of rotatable bonds is 1. The molecule has 0 unspecified atom stereocenters. The van der Waals surface area contributed by atoms with Crippen molar-refractivity contribution >= 4 is 16.9 Å². The number of hydrogen-bond acceptors (Lipinski definition) is 6. The lowest BCUT2D eigenvalue weighted by molar-refractivity contribution is 0.708. The molecule has 0 amide bonds. The molecule has 0 saturated heterocycles. The highest BCUT2D eigenvalue weighted by Crippen LogP contribution is 2.29. The van der Waals surface area contributed by atoms with Gasteiger partial charge in [0.2, 0.25) is 0 Å². The van der Waals surface area contributed by atoms with Crippen LogP contribution < -0.4 is 17.0 Å². The van der Waals surface area contributed by atoms with Crippen LogP contribution in [0.15, 0.2) is 34.0 Å². The number of nitrogens with two attached hydrogens (primary N) is 1. The predicted octanol–water partition coefficient (Wildman–Crippen LogP) is 0.148. The van der Waals surface area contributed by atoms with E-state index in [1.165, 1.54) is 18.7 Å². The molecule has 0 aromatic carbocycles. The van der Waals surface area contributed by atoms with E-state index in [0.717, 1.165) is 4.57 Å². The Morgan fingerprint density at radius 3 is 2.57 bits per heavy atom. The SMILES string of the molecule is Cn1c(=O)c2c(-c3ccccn3)c(C#N)c(N)nc2n(C)c1=O. The van der Waals surface area contributed by atoms with Gasteiger partial charge in [0.15, 0.2) is 5.65 Å². The lowest BCUT2D eigenvalue weighted by Crippen LogP contribution is -2.37. The van der Waals surface area contributed by atoms with Crippen LogP contribution in [0.1, 0.15) is 5.56 Å². The zero-order chi connectivity index (χ0) is 16.7. The molecule has 3 heterocycles. The summed E-state index contributed by atoms with van der Waals surface area (Å²) in [6.45, 7) is 0. The standard InChI is InChI=1S/C15H12N6O2/c1-20-13-11(14(22)21(2)15(20)23)10(8(7-16)12(17)19-13)9-5-3-4-6-18-9/h3-6H,1-2H3,(H2,17,19). The van der Waals surface area contributed by atoms with Crippen LogP contribution in [0.4, 0.5) is 5.82 Å². The van der Waals surface area contributed by atoms with E-state index in [1.54, 1.807) is 24.4 Å². The molecular formula is C15H12N6O2. The Labute approximate surface area is 130 Å². The molecule has 23 heavy (non-hydrogen) atoms. The number of aryl methyl sites for hydroxylation is 1. The summed E-state index contributed by atoms with van der Waals surface area (Å²) in [6, 6.07) is 7.09. The van der Waals surface area contributed by atoms with Gasteiger partial charge in [0.1, 0.15) is 17.5 Å². The van der Waals surface area contributed by atoms with Crippen LogP contribution in [0, 0.1) is 11.3 Å². The van der Waals surface area contributed by atoms with Gasteiger partial charge in [-0.05, 0) is 12.1 Å². The quantitative estimate of drug-likeness (QED) is 0.683. The fourth-order valence-corrected chi connectivity index (χ4v) is 2.49. The largest absolute Gasteiger partial charge is 0.383 e. The van der Waals surface area contributed by atoms with Crippen molar-refractivity contribution in [3.63, 3.8) is 0 Å². The van der Waals surface area contributed by atoms with Crippen LogP contribution in [0.3, 0.4) is 0 Å². The molecule has 0 spiro atoms. The fourth-order valence-electron chi connectivity index (χ4n) is 2.49. The summed E-state index contributed by atoms with van der Waals surface area (Å²) in [5.41, 5.74) is 5.67. The average molecular weight is 308 g/mol. The molecule has 0 fully saturated rings. The zero-order valence-corrected chi connectivity index (χ0v) is 12.4. The highest BCUT2D eigenvalue weighted by Gasteiger charge is 2.21. The minimum absolute atomic E-state index is 0.0519. The van der Waals surface area contributed by atoms with E-state index in [1.807, 2.05) is 6.07 Å². The van der Waals surface area contributed by atoms with Crippen LogP contribution >= 0.6 is 0 Å². The molecule has 8 nitrogen and oxygen atoms in total. The maximum atomic E-state index is 12.6. The Morgan fingerprint density at radius 2 is 1.96 bits per heavy atom. The van der Waals surface area contributed by atoms with E-state index in [9.17, 15) is 14.9 Å². The number of fused-ring (bicyclic) bond motifs is 1. The molecule has 2 N–H and O–H groups in total. The van der Waals surface area contributed by atoms with Gasteiger partial charge in [0, 0.05) is 25.9 Å². The molecule has 0 aliphatic rings. The number of aromatic nitrogens is 4. The lowest BCUT2D eigenvalue weighted by atomic mass is 10.0. The van der Waals surface area contributed by atoms with Crippen LogP contribution in [-0.2, 0) is 14.1 Å². The fraction of sp³-hybridized carbons (Fsp3) is 0.133. The minimum atomic E-state index is -0.548. The summed E-state index contributed by atoms with van der Waals surface area (Å²) in [5.74, 6) is -0.0519. The van der Waals surface area contributed by atoms with Gasteiger partial charge in [-0.1, -0.05) is 6.07 Å². The van der Waals surface area contributed by atoms with Gasteiger partial charge in [-0.3, -0.25) is 18.9 Å². The van der Waals surface area contributed by atoms with Gasteiger partial charge in [0.25, 0.3) is 5.56 Å². The topological polar surface area (TPSA) is 120 Å². The third-order valence-electron chi connectivity index (χ3n) is 3.65. The molecule has 0 saturated carbocycles. The smallest absolute Gasteiger partial charge is 0.332 e. The highest BCUT2D eigenvalue weighted by molar-refractivity contribution is 5.96. The van der Waals surface area contributed by atoms with Crippen molar-refractivity contribution in [1.82, 2.24) is 19.1 Å². The summed E-state index contributed by atoms with van der Waals surface area (Å²) in [6.07, 6.45) is 1.55. The van der Waals surface area contributed by atoms with Crippen molar-refractivity contribution < 1.29 is 0 Å². The van der Waals surface area contributed by atoms with Crippen molar-refractivity contribution in [2.45, 2.75) is 0 Å². The van der Waals surface area contributed by atoms with Crippen molar-refractivity contribution in [2.24, 2.45) is 14.1 Å². The molecule has 114 valence electrons. The molecule has 0 bridgehead atoms. The molecule has 3 rings (SSSR count). The molecule has 8 heteroatoms. The van der Waals surface area contributed by atoms with Gasteiger partial charge in [-0.25, -0.2) is 9.78 Å². The number of pyridine rings is 2. The zero-order valence-electron chi connectivity index (χ0n) is 12.4. The monoisotopic (exact) mass is 308 g/mol. The van der Waals surface area contributed by atoms with Crippen LogP contribution in [0.5, 0.6) is 0 Å². The predicted molar refractivity (Wildman–Crippen MR) is 84.6 cm³/mol. The van der Waals surface area contributed by atoms with Crippen LogP contribution in [0.2, 0.25) is 0 Å². The maximum Gasteiger partial charge on any atom is 0.332 e. The van der Waals surface area contributed by atoms with Gasteiger partial charge >= 0.3 is 5.69 Å². The lowest BCUT2D eigenvalue weighted by Gasteiger charge is -2.13. The van der Waals surface area contributed by atoms with Gasteiger partial charge in [0.05, 0.1) is 11.1 Å². The first-order valence-corrected chi connectivity index (χ1v) is 6.68. The average Bonchev–Trinajstić information content (AvgIpc) is 2.57. The van der Waals surface area contributed by atoms with E-state index in [2.05, 4.69) is 9.97 Å². The van der Waals surface area contributed by atoms with Gasteiger partial charge in [-0.2, -0.15) is 5.26 Å². The first-order chi connectivity index (χ1) is 11.0. The second-order valence-corrected chi connectivity index (χ2v) is 4.98. The Bertz CT molecular complexity index is 1090. The Hall–Kier alpha value is -3.47. The molecule has 0 atom stereocenters. The minimum Gasteiger partial charge on any atom is -0.383 e. The molecule has 0 radical (unpaired) electrons. The van der Waals surface area contributed by atoms with Crippen LogP contribution in [-0.4, -0.2) is 19.1 Å². The molecular weight excluding hydrogens is 296 g/mol. The summed E-state index contributed by atoms with van der Waals surface area (Å²) >= 11 is 0. The molecule has 3 aromatic heterocycles. The Balaban J connectivity index is 2.69. The Kier molecular flexibility index (Phi) is 3.19. The Morgan fingerprint density at radius 1 is 1.22 bits per heavy atom. The third kappa shape index (κ3) is 1.98. The first-order valence-electron chi connectivity index (χ1n) is 6.68. The van der Waals surface area contributed by atoms with Gasteiger partial charge < -0.3 is 5.73 Å². The van der Waals surface area contributed by atoms with Crippen molar-refractivity contribution in [1.29, 1.82) is 5.26 Å². The summed E-state index contributed by atoms with van der Waals surface area (Å²) in [7, 11) is 2.86. The number of hydrogen-bond donors (Lipinski definition) is 1. The second-order valence-electron chi connectivity index (χ2n) is 4.98. The summed E-state index contributed by atoms with van der Waals surface area (Å²) in [5, 5.41) is 9.57. The van der Waals surface area contributed by atoms with Crippen molar-refractivity contribution in [2.75, 3.05) is 5.73 Å². The highest BCUT2D eigenvalue weighted by atomic mass is 16.2. The van der Waals surface area contributed by atoms with Crippen LogP contribution in [0.25, 0.3) is 22.3 Å². The number of nitriles is 1. The van der Waals surface area contributed by atoms with Crippen molar-refractivity contribution in [3.8, 4) is 17.3 Å². The summed E-state index contributed by atoms with van der Waals surface area (Å²) < 4.78 is 2.19. The third-order valence-corrected chi connectivity index (χ3v) is 3.65. The molecule has 0 aliphatic carbocycles. The molecule has 0 aliphatic heterocycles. The van der Waals surface area contributed by atoms with Crippen molar-refractivity contribution in [3.05, 3.63) is 50.8 Å². The summed E-state index contributed by atoms with van der Waals surface area (Å²) in [4.78, 5) is 33.0. The second kappa shape index (κ2) is 5.06. The first kappa shape index (κ1) is 14.5. The molecule has 3 aromatic rings. The maximum absolute atomic E-state index is 12.6. The van der Waals surface area contributed by atoms with Gasteiger partial charge in [-0.15, -0.1) is 0 Å². The normalized spacial score (nSPS) is 10.7. The number of nitrogen functional groups attached to an aromatic ring is 1. The van der Waals surface area contributed by atoms with E-state index in [0.29, 0.717) is 5.69 Å². The number of anilines is 1. The van der Waals surface area contributed by atoms with E-state index >= 15 is 0 Å². The van der Waals surface area contributed by atoms with E-state index in [4.69, 9.17) is 5.73 Å². The number of nitrogens with zero attached hydrogens (tertiary/aromatic N) is 5. The van der Waals surface area contributed by atoms with E-state index in [-0.39, 0.29) is 28.0 Å². The van der Waals surface area contributed by atoms with E-state index < -0.39 is 11.2 Å².